The zero-order valence-electron chi connectivity index (χ0n) is 31.7. The van der Waals surface area contributed by atoms with Crippen molar-refractivity contribution in [3.05, 3.63) is 197 Å². The fourth-order valence-electron chi connectivity index (χ4n) is 6.15. The number of hydrogen-bond acceptors (Lipinski definition) is 1. The van der Waals surface area contributed by atoms with E-state index in [4.69, 9.17) is 6.58 Å². The average Bonchev–Trinajstić information content (AvgIpc) is 3.10. The molecule has 2 atom stereocenters. The van der Waals surface area contributed by atoms with Gasteiger partial charge in [0.05, 0.1) is 0 Å². The van der Waals surface area contributed by atoms with E-state index < -0.39 is 0 Å². The van der Waals surface area contributed by atoms with Crippen molar-refractivity contribution in [2.45, 2.75) is 86.5 Å². The summed E-state index contributed by atoms with van der Waals surface area (Å²) in [4.78, 5) is 2.16. The Morgan fingerprint density at radius 1 is 0.939 bits per heavy atom. The summed E-state index contributed by atoms with van der Waals surface area (Å²) in [6.45, 7) is 33.7. The molecule has 0 saturated heterocycles. The maximum atomic E-state index is 4.74. The summed E-state index contributed by atoms with van der Waals surface area (Å²) in [5.74, 6) is 0.679. The van der Waals surface area contributed by atoms with E-state index in [9.17, 15) is 0 Å². The number of rotatable bonds is 14. The van der Waals surface area contributed by atoms with Gasteiger partial charge < -0.3 is 4.90 Å². The zero-order chi connectivity index (χ0) is 36.1. The van der Waals surface area contributed by atoms with Crippen LogP contribution in [0.4, 0.5) is 0 Å². The van der Waals surface area contributed by atoms with Gasteiger partial charge in [-0.2, -0.15) is 0 Å². The molecule has 0 spiro atoms. The molecule has 2 unspecified atom stereocenters. The first-order chi connectivity index (χ1) is 23.3. The minimum absolute atomic E-state index is 0.0299. The Balaban J connectivity index is 2.16. The lowest BCUT2D eigenvalue weighted by Crippen LogP contribution is -2.22. The first-order valence-electron chi connectivity index (χ1n) is 17.7. The molecule has 1 aliphatic rings. The van der Waals surface area contributed by atoms with Gasteiger partial charge in [0, 0.05) is 28.6 Å². The Kier molecular flexibility index (Phi) is 14.4. The molecule has 0 fully saturated rings. The van der Waals surface area contributed by atoms with Crippen LogP contribution in [-0.2, 0) is 5.41 Å². The van der Waals surface area contributed by atoms with Crippen LogP contribution < -0.4 is 0 Å². The van der Waals surface area contributed by atoms with Crippen molar-refractivity contribution >= 4 is 5.57 Å². The Morgan fingerprint density at radius 3 is 2.24 bits per heavy atom. The molecule has 3 rings (SSSR count). The summed E-state index contributed by atoms with van der Waals surface area (Å²) in [5, 5.41) is 0. The van der Waals surface area contributed by atoms with Crippen LogP contribution in [0.15, 0.2) is 181 Å². The van der Waals surface area contributed by atoms with E-state index in [-0.39, 0.29) is 5.41 Å². The molecule has 0 aromatic heterocycles. The van der Waals surface area contributed by atoms with E-state index in [0.29, 0.717) is 11.8 Å². The molecule has 2 aromatic rings. The molecular weight excluding hydrogens is 591 g/mol. The minimum atomic E-state index is 0.0299. The van der Waals surface area contributed by atoms with Crippen LogP contribution in [0.25, 0.3) is 5.57 Å². The standard InChI is InChI=1S/C48H59N/c1-13-15-17-29-46(44-27-21-20-24-36(44)4)41(9)49(38(6)33-31-35(3)39(7)40(8)42-25-18-16-19-26-42)43(14-2)34-32-37(5)45-28-22-23-30-47(45)48(10,11)12/h14-23,25-34,36,40H,2,6,9,13,24H2,1,3-5,7-8,10-12H3/b17-15-,33-31-,37-32+,39-35+,43-34+,46-29+. The summed E-state index contributed by atoms with van der Waals surface area (Å²) in [5.41, 5.74) is 12.6. The minimum Gasteiger partial charge on any atom is -0.311 e. The summed E-state index contributed by atoms with van der Waals surface area (Å²) in [6, 6.07) is 19.4. The van der Waals surface area contributed by atoms with Crippen LogP contribution in [-0.4, -0.2) is 4.90 Å². The predicted octanol–water partition coefficient (Wildman–Crippen LogP) is 13.9. The highest BCUT2D eigenvalue weighted by molar-refractivity contribution is 5.69. The van der Waals surface area contributed by atoms with Crippen LogP contribution >= 0.6 is 0 Å². The average molecular weight is 650 g/mol. The van der Waals surface area contributed by atoms with Gasteiger partial charge in [-0.25, -0.2) is 0 Å². The fraction of sp³-hybridized carbons (Fsp3) is 0.292. The van der Waals surface area contributed by atoms with Crippen LogP contribution in [0.1, 0.15) is 97.8 Å². The second kappa shape index (κ2) is 18.2. The number of benzene rings is 2. The van der Waals surface area contributed by atoms with Gasteiger partial charge in [-0.05, 0) is 91.0 Å². The molecule has 1 heteroatoms. The molecule has 2 aromatic carbocycles. The van der Waals surface area contributed by atoms with Crippen molar-refractivity contribution < 1.29 is 0 Å². The lowest BCUT2D eigenvalue weighted by molar-refractivity contribution is 0.568. The lowest BCUT2D eigenvalue weighted by atomic mass is 9.82. The molecular formula is C48H59N. The van der Waals surface area contributed by atoms with Gasteiger partial charge in [-0.15, -0.1) is 0 Å². The van der Waals surface area contributed by atoms with Crippen LogP contribution in [0.2, 0.25) is 0 Å². The predicted molar refractivity (Wildman–Crippen MR) is 218 cm³/mol. The molecule has 49 heavy (non-hydrogen) atoms. The van der Waals surface area contributed by atoms with Gasteiger partial charge in [-0.1, -0.05) is 176 Å². The zero-order valence-corrected chi connectivity index (χ0v) is 31.7. The van der Waals surface area contributed by atoms with Crippen LogP contribution in [0, 0.1) is 5.92 Å². The highest BCUT2D eigenvalue weighted by Crippen LogP contribution is 2.36. The van der Waals surface area contributed by atoms with E-state index >= 15 is 0 Å². The summed E-state index contributed by atoms with van der Waals surface area (Å²) < 4.78 is 0. The largest absolute Gasteiger partial charge is 0.311 e. The lowest BCUT2D eigenvalue weighted by Gasteiger charge is -2.32. The third-order valence-corrected chi connectivity index (χ3v) is 9.47. The first kappa shape index (κ1) is 38.8. The maximum absolute atomic E-state index is 4.74. The molecule has 0 saturated carbocycles. The van der Waals surface area contributed by atoms with Gasteiger partial charge in [0.15, 0.2) is 0 Å². The second-order valence-electron chi connectivity index (χ2n) is 14.1. The van der Waals surface area contributed by atoms with Gasteiger partial charge in [-0.3, -0.25) is 0 Å². The molecule has 0 amide bonds. The van der Waals surface area contributed by atoms with Crippen molar-refractivity contribution in [2.24, 2.45) is 5.92 Å². The maximum Gasteiger partial charge on any atom is 0.0464 e. The smallest absolute Gasteiger partial charge is 0.0464 e. The van der Waals surface area contributed by atoms with Crippen LogP contribution in [0.5, 0.6) is 0 Å². The van der Waals surface area contributed by atoms with Gasteiger partial charge in [0.1, 0.15) is 0 Å². The van der Waals surface area contributed by atoms with Crippen molar-refractivity contribution in [2.75, 3.05) is 0 Å². The Morgan fingerprint density at radius 2 is 1.61 bits per heavy atom. The second-order valence-corrected chi connectivity index (χ2v) is 14.1. The molecule has 0 heterocycles. The molecule has 256 valence electrons. The van der Waals surface area contributed by atoms with Crippen molar-refractivity contribution in [1.29, 1.82) is 0 Å². The summed E-state index contributed by atoms with van der Waals surface area (Å²) in [6.07, 6.45) is 25.7. The van der Waals surface area contributed by atoms with E-state index in [2.05, 4.69) is 196 Å². The van der Waals surface area contributed by atoms with Crippen molar-refractivity contribution in [3.63, 3.8) is 0 Å². The fourth-order valence-corrected chi connectivity index (χ4v) is 6.15. The topological polar surface area (TPSA) is 3.24 Å². The monoisotopic (exact) mass is 649 g/mol. The Labute approximate surface area is 299 Å². The van der Waals surface area contributed by atoms with Crippen LogP contribution in [0.3, 0.4) is 0 Å². The molecule has 0 radical (unpaired) electrons. The molecule has 0 bridgehead atoms. The Hall–Kier alpha value is -4.62. The van der Waals surface area contributed by atoms with Gasteiger partial charge in [0.2, 0.25) is 0 Å². The molecule has 0 N–H and O–H groups in total. The molecule has 0 aliphatic heterocycles. The van der Waals surface area contributed by atoms with Crippen molar-refractivity contribution in [3.8, 4) is 0 Å². The molecule has 1 aliphatic carbocycles. The third kappa shape index (κ3) is 10.4. The highest BCUT2D eigenvalue weighted by Gasteiger charge is 2.23. The number of nitrogens with zero attached hydrogens (tertiary/aromatic N) is 1. The Bertz CT molecular complexity index is 1730. The molecule has 1 nitrogen and oxygen atoms in total. The van der Waals surface area contributed by atoms with Gasteiger partial charge >= 0.3 is 0 Å². The van der Waals surface area contributed by atoms with E-state index in [1.807, 2.05) is 6.08 Å². The van der Waals surface area contributed by atoms with E-state index in [0.717, 1.165) is 35.5 Å². The SMILES string of the molecule is C=C/C(=C\C=C(/C)c1ccccc1C(C)(C)C)N(C(=C)/C=C\C(C)=C(/C)C(C)c1ccccc1)C(=C)/C(=C\C=C/CC)C1=CC=CCC1C. The number of hydrogen-bond donors (Lipinski definition) is 0. The summed E-state index contributed by atoms with van der Waals surface area (Å²) in [7, 11) is 0. The first-order valence-corrected chi connectivity index (χ1v) is 17.7. The quantitative estimate of drug-likeness (QED) is 0.184. The normalized spacial score (nSPS) is 17.2. The highest BCUT2D eigenvalue weighted by atomic mass is 15.2. The van der Waals surface area contributed by atoms with E-state index in [1.165, 1.54) is 39.0 Å². The van der Waals surface area contributed by atoms with Gasteiger partial charge in [0.25, 0.3) is 0 Å². The van der Waals surface area contributed by atoms with Crippen molar-refractivity contribution in [1.82, 2.24) is 4.90 Å². The third-order valence-electron chi connectivity index (χ3n) is 9.47. The van der Waals surface area contributed by atoms with E-state index in [1.54, 1.807) is 0 Å². The summed E-state index contributed by atoms with van der Waals surface area (Å²) >= 11 is 0. The number of allylic oxidation sites excluding steroid dienone is 15.